The van der Waals surface area contributed by atoms with E-state index in [4.69, 9.17) is 20.5 Å². The molecular weight excluding hydrogens is 296 g/mol. The van der Waals surface area contributed by atoms with Crippen LogP contribution in [0.1, 0.15) is 17.2 Å². The third kappa shape index (κ3) is 4.58. The Morgan fingerprint density at radius 1 is 1.09 bits per heavy atom. The number of benzene rings is 2. The lowest BCUT2D eigenvalue weighted by Gasteiger charge is -2.15. The van der Waals surface area contributed by atoms with Crippen LogP contribution in [0.3, 0.4) is 0 Å². The number of esters is 1. The van der Waals surface area contributed by atoms with E-state index >= 15 is 0 Å². The van der Waals surface area contributed by atoms with E-state index in [0.29, 0.717) is 16.9 Å². The maximum absolute atomic E-state index is 11.8. The first-order chi connectivity index (χ1) is 11.1. The highest BCUT2D eigenvalue weighted by Crippen LogP contribution is 2.17. The molecule has 0 radical (unpaired) electrons. The summed E-state index contributed by atoms with van der Waals surface area (Å²) in [7, 11) is 0. The number of ether oxygens (including phenoxy) is 2. The van der Waals surface area contributed by atoms with Gasteiger partial charge in [-0.1, -0.05) is 30.3 Å². The van der Waals surface area contributed by atoms with Gasteiger partial charge >= 0.3 is 5.97 Å². The summed E-state index contributed by atoms with van der Waals surface area (Å²) in [6.07, 6.45) is -1.16. The van der Waals surface area contributed by atoms with Crippen LogP contribution in [0.15, 0.2) is 54.6 Å². The van der Waals surface area contributed by atoms with E-state index < -0.39 is 18.0 Å². The number of primary amides is 1. The molecule has 2 N–H and O–H groups in total. The Balaban J connectivity index is 1.94. The fourth-order valence-corrected chi connectivity index (χ4v) is 1.85. The summed E-state index contributed by atoms with van der Waals surface area (Å²) in [5, 5.41) is 8.70. The number of nitrogens with two attached hydrogens (primary N) is 1. The predicted octanol–water partition coefficient (Wildman–Crippen LogP) is 1.71. The van der Waals surface area contributed by atoms with Crippen molar-refractivity contribution in [3.8, 4) is 11.8 Å². The van der Waals surface area contributed by atoms with Crippen LogP contribution in [0.4, 0.5) is 0 Å². The maximum Gasteiger partial charge on any atom is 0.345 e. The molecule has 1 amide bonds. The SMILES string of the molecule is N#Cc1ccc(OCC(=O)OC(C(N)=O)c2ccccc2)cc1. The molecule has 0 aliphatic carbocycles. The van der Waals surface area contributed by atoms with Gasteiger partial charge < -0.3 is 15.2 Å². The van der Waals surface area contributed by atoms with Crippen molar-refractivity contribution in [3.05, 3.63) is 65.7 Å². The zero-order valence-corrected chi connectivity index (χ0v) is 12.1. The third-order valence-electron chi connectivity index (χ3n) is 2.95. The van der Waals surface area contributed by atoms with Crippen LogP contribution < -0.4 is 10.5 Å². The van der Waals surface area contributed by atoms with Crippen LogP contribution in [0.25, 0.3) is 0 Å². The van der Waals surface area contributed by atoms with Crippen molar-refractivity contribution in [2.75, 3.05) is 6.61 Å². The van der Waals surface area contributed by atoms with Gasteiger partial charge in [0.25, 0.3) is 5.91 Å². The first kappa shape index (κ1) is 16.0. The summed E-state index contributed by atoms with van der Waals surface area (Å²) in [6, 6.07) is 16.7. The zero-order valence-electron chi connectivity index (χ0n) is 12.1. The van der Waals surface area contributed by atoms with E-state index in [2.05, 4.69) is 0 Å². The molecule has 6 heteroatoms. The lowest BCUT2D eigenvalue weighted by Crippen LogP contribution is -2.28. The molecule has 0 spiro atoms. The van der Waals surface area contributed by atoms with Gasteiger partial charge in [-0.05, 0) is 24.3 Å². The molecule has 2 rings (SSSR count). The van der Waals surface area contributed by atoms with E-state index in [9.17, 15) is 9.59 Å². The Bertz CT molecular complexity index is 721. The van der Waals surface area contributed by atoms with Gasteiger partial charge in [0.15, 0.2) is 6.61 Å². The molecule has 116 valence electrons. The quantitative estimate of drug-likeness (QED) is 0.818. The zero-order chi connectivity index (χ0) is 16.7. The van der Waals surface area contributed by atoms with Crippen molar-refractivity contribution in [1.29, 1.82) is 5.26 Å². The number of nitrogens with zero attached hydrogens (tertiary/aromatic N) is 1. The Morgan fingerprint density at radius 3 is 2.30 bits per heavy atom. The van der Waals surface area contributed by atoms with E-state index in [1.54, 1.807) is 54.6 Å². The lowest BCUT2D eigenvalue weighted by atomic mass is 10.1. The van der Waals surface area contributed by atoms with Crippen molar-refractivity contribution in [3.63, 3.8) is 0 Å². The highest BCUT2D eigenvalue weighted by molar-refractivity contribution is 5.83. The molecule has 0 fully saturated rings. The topological polar surface area (TPSA) is 102 Å². The Hall–Kier alpha value is -3.33. The highest BCUT2D eigenvalue weighted by Gasteiger charge is 2.22. The summed E-state index contributed by atoms with van der Waals surface area (Å²) in [5.74, 6) is -1.07. The summed E-state index contributed by atoms with van der Waals surface area (Å²) < 4.78 is 10.3. The van der Waals surface area contributed by atoms with Gasteiger partial charge in [0, 0.05) is 5.56 Å². The number of hydrogen-bond acceptors (Lipinski definition) is 5. The van der Waals surface area contributed by atoms with Gasteiger partial charge in [0.2, 0.25) is 6.10 Å². The Morgan fingerprint density at radius 2 is 1.74 bits per heavy atom. The van der Waals surface area contributed by atoms with Gasteiger partial charge in [-0.3, -0.25) is 4.79 Å². The van der Waals surface area contributed by atoms with Crippen LogP contribution in [0.5, 0.6) is 5.75 Å². The first-order valence-corrected chi connectivity index (χ1v) is 6.77. The predicted molar refractivity (Wildman–Crippen MR) is 81.1 cm³/mol. The molecule has 0 bridgehead atoms. The standard InChI is InChI=1S/C17H14N2O4/c18-10-12-6-8-14(9-7-12)22-11-15(20)23-16(17(19)21)13-4-2-1-3-5-13/h1-9,16H,11H2,(H2,19,21). The molecule has 1 atom stereocenters. The normalized spacial score (nSPS) is 11.1. The van der Waals surface area contributed by atoms with Crippen molar-refractivity contribution in [2.45, 2.75) is 6.10 Å². The molecule has 2 aromatic rings. The molecule has 0 aliphatic rings. The lowest BCUT2D eigenvalue weighted by molar-refractivity contribution is -0.157. The molecule has 0 aliphatic heterocycles. The fraction of sp³-hybridized carbons (Fsp3) is 0.118. The number of carbonyl (C=O) groups excluding carboxylic acids is 2. The summed E-state index contributed by atoms with van der Waals surface area (Å²) >= 11 is 0. The average molecular weight is 310 g/mol. The van der Waals surface area contributed by atoms with E-state index in [0.717, 1.165) is 0 Å². The van der Waals surface area contributed by atoms with Crippen LogP contribution in [0, 0.1) is 11.3 Å². The van der Waals surface area contributed by atoms with Crippen molar-refractivity contribution in [2.24, 2.45) is 5.73 Å². The minimum Gasteiger partial charge on any atom is -0.482 e. The second-order valence-corrected chi connectivity index (χ2v) is 4.61. The monoisotopic (exact) mass is 310 g/mol. The number of rotatable bonds is 6. The van der Waals surface area contributed by atoms with Gasteiger partial charge in [-0.15, -0.1) is 0 Å². The molecule has 23 heavy (non-hydrogen) atoms. The van der Waals surface area contributed by atoms with Gasteiger partial charge in [0.1, 0.15) is 5.75 Å². The largest absolute Gasteiger partial charge is 0.482 e. The van der Waals surface area contributed by atoms with Crippen molar-refractivity contribution < 1.29 is 19.1 Å². The van der Waals surface area contributed by atoms with Gasteiger partial charge in [-0.2, -0.15) is 5.26 Å². The number of amides is 1. The van der Waals surface area contributed by atoms with Crippen LogP contribution in [-0.2, 0) is 14.3 Å². The molecule has 1 unspecified atom stereocenters. The second kappa shape index (κ2) is 7.61. The molecular formula is C17H14N2O4. The molecule has 0 aromatic heterocycles. The molecule has 2 aromatic carbocycles. The smallest absolute Gasteiger partial charge is 0.345 e. The first-order valence-electron chi connectivity index (χ1n) is 6.77. The number of nitriles is 1. The Kier molecular flexibility index (Phi) is 5.31. The minimum absolute atomic E-state index is 0.373. The second-order valence-electron chi connectivity index (χ2n) is 4.61. The third-order valence-corrected chi connectivity index (χ3v) is 2.95. The molecule has 0 saturated heterocycles. The molecule has 0 saturated carbocycles. The van der Waals surface area contributed by atoms with E-state index in [-0.39, 0.29) is 6.61 Å². The van der Waals surface area contributed by atoms with Crippen molar-refractivity contribution >= 4 is 11.9 Å². The molecule has 6 nitrogen and oxygen atoms in total. The summed E-state index contributed by atoms with van der Waals surface area (Å²) in [6.45, 7) is -0.373. The fourth-order valence-electron chi connectivity index (χ4n) is 1.85. The van der Waals surface area contributed by atoms with Crippen LogP contribution >= 0.6 is 0 Å². The average Bonchev–Trinajstić information content (AvgIpc) is 2.58. The van der Waals surface area contributed by atoms with E-state index in [1.165, 1.54) is 0 Å². The van der Waals surface area contributed by atoms with Gasteiger partial charge in [0.05, 0.1) is 11.6 Å². The maximum atomic E-state index is 11.8. The van der Waals surface area contributed by atoms with Crippen LogP contribution in [-0.4, -0.2) is 18.5 Å². The van der Waals surface area contributed by atoms with E-state index in [1.807, 2.05) is 6.07 Å². The Labute approximate surface area is 133 Å². The number of hydrogen-bond donors (Lipinski definition) is 1. The summed E-state index contributed by atoms with van der Waals surface area (Å²) in [5.41, 5.74) is 6.25. The highest BCUT2D eigenvalue weighted by atomic mass is 16.6. The number of carbonyl (C=O) groups is 2. The minimum atomic E-state index is -1.16. The van der Waals surface area contributed by atoms with Gasteiger partial charge in [-0.25, -0.2) is 4.79 Å². The molecule has 0 heterocycles. The van der Waals surface area contributed by atoms with Crippen molar-refractivity contribution in [1.82, 2.24) is 0 Å². The summed E-state index contributed by atoms with van der Waals surface area (Å²) in [4.78, 5) is 23.3. The van der Waals surface area contributed by atoms with Crippen LogP contribution in [0.2, 0.25) is 0 Å².